The summed E-state index contributed by atoms with van der Waals surface area (Å²) in [5, 5.41) is 3.04. The van der Waals surface area contributed by atoms with E-state index in [4.69, 9.17) is 13.8 Å². The number of phosphoric acid groups is 1. The Balaban J connectivity index is 5.07. The Morgan fingerprint density at radius 3 is 1.24 bits per heavy atom. The van der Waals surface area contributed by atoms with Crippen molar-refractivity contribution in [3.05, 3.63) is 97.2 Å². The molecule has 0 aliphatic rings. The number of quaternary nitrogens is 1. The van der Waals surface area contributed by atoms with Crippen molar-refractivity contribution in [1.82, 2.24) is 5.32 Å². The fourth-order valence-corrected chi connectivity index (χ4v) is 9.91. The van der Waals surface area contributed by atoms with Gasteiger partial charge in [-0.05, 0) is 109 Å². The van der Waals surface area contributed by atoms with Gasteiger partial charge in [-0.2, -0.15) is 0 Å². The van der Waals surface area contributed by atoms with Crippen LogP contribution < -0.4 is 5.32 Å². The maximum Gasteiger partial charge on any atom is 0.472 e. The van der Waals surface area contributed by atoms with Gasteiger partial charge >= 0.3 is 13.8 Å². The molecule has 80 heavy (non-hydrogen) atoms. The molecule has 0 fully saturated rings. The lowest BCUT2D eigenvalue weighted by atomic mass is 10.0. The first-order valence-corrected chi connectivity index (χ1v) is 34.6. The Kier molecular flexibility index (Phi) is 56.8. The van der Waals surface area contributed by atoms with E-state index >= 15 is 0 Å². The van der Waals surface area contributed by atoms with Crippen molar-refractivity contribution in [2.45, 2.75) is 296 Å². The molecule has 0 saturated carbocycles. The smallest absolute Gasteiger partial charge is 0.456 e. The SMILES string of the molecule is CC/C=C/C/C=C/C/C=C/C/C=C/CCCCCC(=O)NC(COP(=O)(O)OCC[N+](C)(C)C)C(/C=C\CCCCCCCCCCC)OC(=O)CCCCCCCCCCCCCCCC/C=C\C/C=C\C/C=C\CCCCC. The number of hydrogen-bond donors (Lipinski definition) is 2. The Bertz CT molecular complexity index is 1690. The largest absolute Gasteiger partial charge is 0.472 e. The minimum atomic E-state index is -4.46. The molecular weight excluding hydrogens is 1010 g/mol. The predicted molar refractivity (Wildman–Crippen MR) is 346 cm³/mol. The number of phosphoric ester groups is 1. The maximum atomic E-state index is 13.5. The van der Waals surface area contributed by atoms with Crippen LogP contribution in [0.1, 0.15) is 284 Å². The number of nitrogens with one attached hydrogen (secondary N) is 1. The minimum Gasteiger partial charge on any atom is -0.456 e. The van der Waals surface area contributed by atoms with E-state index in [0.29, 0.717) is 23.9 Å². The van der Waals surface area contributed by atoms with Crippen molar-refractivity contribution < 1.29 is 37.3 Å². The number of hydrogen-bond acceptors (Lipinski definition) is 6. The molecule has 0 aliphatic heterocycles. The molecule has 9 nitrogen and oxygen atoms in total. The summed E-state index contributed by atoms with van der Waals surface area (Å²) in [4.78, 5) is 37.7. The molecule has 0 saturated heterocycles. The Morgan fingerprint density at radius 1 is 0.450 bits per heavy atom. The molecule has 2 N–H and O–H groups in total. The summed E-state index contributed by atoms with van der Waals surface area (Å²) in [7, 11) is 1.47. The number of amides is 1. The zero-order chi connectivity index (χ0) is 58.6. The van der Waals surface area contributed by atoms with Gasteiger partial charge in [0.05, 0.1) is 33.8 Å². The van der Waals surface area contributed by atoms with Gasteiger partial charge in [0.1, 0.15) is 19.3 Å². The highest BCUT2D eigenvalue weighted by Crippen LogP contribution is 2.43. The standard InChI is InChI=1S/C70H125N2O7P/c1-7-10-13-16-19-22-25-27-29-31-32-33-34-35-36-37-38-39-40-41-43-45-48-51-54-57-60-63-70(74)79-68(61-58-55-52-49-46-24-21-18-15-12-9-3)67(66-78-80(75,76)77-65-64-72(4,5)6)71-69(73)62-59-56-53-50-47-44-42-30-28-26-23-20-17-14-11-8-2/h11,14,19-20,22-23,27-30,32-33,44,47,58,61,67-68H,7-10,12-13,15-18,21,24-26,31,34-43,45-46,48-57,59-60,62-66H2,1-6H3,(H-,71,73,75,76)/p+1/b14-11+,22-19-,23-20+,29-27-,30-28+,33-32-,47-44+,61-58-. The molecule has 0 radical (unpaired) electrons. The number of carbonyl (C=O) groups excluding carboxylic acids is 2. The molecule has 10 heteroatoms. The van der Waals surface area contributed by atoms with Crippen LogP contribution in [0, 0.1) is 0 Å². The van der Waals surface area contributed by atoms with Crippen molar-refractivity contribution in [2.24, 2.45) is 0 Å². The maximum absolute atomic E-state index is 13.5. The van der Waals surface area contributed by atoms with Crippen molar-refractivity contribution in [1.29, 1.82) is 0 Å². The van der Waals surface area contributed by atoms with Gasteiger partial charge in [0.2, 0.25) is 5.91 Å². The van der Waals surface area contributed by atoms with Crippen LogP contribution in [-0.2, 0) is 27.9 Å². The molecule has 0 aliphatic carbocycles. The average Bonchev–Trinajstić information content (AvgIpc) is 3.43. The van der Waals surface area contributed by atoms with Gasteiger partial charge in [-0.1, -0.05) is 260 Å². The lowest BCUT2D eigenvalue weighted by molar-refractivity contribution is -0.870. The van der Waals surface area contributed by atoms with Crippen LogP contribution in [0.5, 0.6) is 0 Å². The van der Waals surface area contributed by atoms with Gasteiger partial charge in [-0.25, -0.2) is 4.57 Å². The molecule has 0 spiro atoms. The summed E-state index contributed by atoms with van der Waals surface area (Å²) in [5.41, 5.74) is 0. The highest BCUT2D eigenvalue weighted by atomic mass is 31.2. The topological polar surface area (TPSA) is 111 Å². The second-order valence-electron chi connectivity index (χ2n) is 23.3. The third kappa shape index (κ3) is 59.5. The van der Waals surface area contributed by atoms with Gasteiger partial charge in [0.15, 0.2) is 0 Å². The molecule has 0 aromatic heterocycles. The summed E-state index contributed by atoms with van der Waals surface area (Å²) < 4.78 is 30.7. The van der Waals surface area contributed by atoms with E-state index in [9.17, 15) is 19.0 Å². The van der Waals surface area contributed by atoms with Gasteiger partial charge in [0, 0.05) is 12.8 Å². The van der Waals surface area contributed by atoms with Gasteiger partial charge in [0.25, 0.3) is 0 Å². The molecule has 0 bridgehead atoms. The molecule has 0 aromatic carbocycles. The van der Waals surface area contributed by atoms with Crippen molar-refractivity contribution in [3.63, 3.8) is 0 Å². The van der Waals surface area contributed by atoms with Crippen molar-refractivity contribution >= 4 is 19.7 Å². The normalized spacial score (nSPS) is 14.2. The molecule has 462 valence electrons. The quantitative estimate of drug-likeness (QED) is 0.0205. The first-order valence-electron chi connectivity index (χ1n) is 33.1. The first-order chi connectivity index (χ1) is 38.9. The first kappa shape index (κ1) is 76.9. The molecular formula is C70H126N2O7P+. The molecule has 0 heterocycles. The van der Waals surface area contributed by atoms with Crippen LogP contribution >= 0.6 is 7.82 Å². The molecule has 3 atom stereocenters. The summed E-state index contributed by atoms with van der Waals surface area (Å²) in [6, 6.07) is -0.870. The molecule has 3 unspecified atom stereocenters. The lowest BCUT2D eigenvalue weighted by Crippen LogP contribution is -2.47. The molecule has 1 amide bonds. The Morgan fingerprint density at radius 2 is 0.800 bits per heavy atom. The van der Waals surface area contributed by atoms with Gasteiger partial charge in [-0.3, -0.25) is 18.6 Å². The number of likely N-dealkylation sites (N-methyl/N-ethyl adjacent to an activating group) is 1. The van der Waals surface area contributed by atoms with Crippen LogP contribution in [0.25, 0.3) is 0 Å². The zero-order valence-electron chi connectivity index (χ0n) is 52.8. The zero-order valence-corrected chi connectivity index (χ0v) is 53.7. The fraction of sp³-hybridized carbons (Fsp3) is 0.743. The van der Waals surface area contributed by atoms with Crippen LogP contribution in [0.15, 0.2) is 97.2 Å². The van der Waals surface area contributed by atoms with Crippen molar-refractivity contribution in [2.75, 3.05) is 40.9 Å². The summed E-state index contributed by atoms with van der Waals surface area (Å²) >= 11 is 0. The van der Waals surface area contributed by atoms with Gasteiger partial charge in [-0.15, -0.1) is 0 Å². The van der Waals surface area contributed by atoms with Gasteiger partial charge < -0.3 is 19.4 Å². The minimum absolute atomic E-state index is 0.0301. The number of nitrogens with zero attached hydrogens (tertiary/aromatic N) is 1. The second-order valence-corrected chi connectivity index (χ2v) is 24.7. The van der Waals surface area contributed by atoms with Crippen LogP contribution in [-0.4, -0.2) is 74.3 Å². The highest BCUT2D eigenvalue weighted by Gasteiger charge is 2.30. The van der Waals surface area contributed by atoms with E-state index in [1.54, 1.807) is 0 Å². The van der Waals surface area contributed by atoms with E-state index in [1.807, 2.05) is 33.3 Å². The van der Waals surface area contributed by atoms with E-state index < -0.39 is 20.0 Å². The number of carbonyl (C=O) groups is 2. The number of ether oxygens (including phenoxy) is 1. The van der Waals surface area contributed by atoms with E-state index in [0.717, 1.165) is 96.3 Å². The summed E-state index contributed by atoms with van der Waals surface area (Å²) in [5.74, 6) is -0.542. The van der Waals surface area contributed by atoms with Crippen LogP contribution in [0.3, 0.4) is 0 Å². The highest BCUT2D eigenvalue weighted by molar-refractivity contribution is 7.47. The van der Waals surface area contributed by atoms with E-state index in [1.165, 1.54) is 148 Å². The number of allylic oxidation sites excluding steroid dienone is 15. The van der Waals surface area contributed by atoms with Crippen LogP contribution in [0.2, 0.25) is 0 Å². The van der Waals surface area contributed by atoms with E-state index in [2.05, 4.69) is 111 Å². The van der Waals surface area contributed by atoms with Crippen molar-refractivity contribution in [3.8, 4) is 0 Å². The third-order valence-electron chi connectivity index (χ3n) is 14.3. The van der Waals surface area contributed by atoms with E-state index in [-0.39, 0.29) is 31.5 Å². The summed E-state index contributed by atoms with van der Waals surface area (Å²) in [6.45, 7) is 6.84. The third-order valence-corrected chi connectivity index (χ3v) is 15.2. The second kappa shape index (κ2) is 59.1. The number of esters is 1. The molecule has 0 aromatic rings. The number of unbranched alkanes of at least 4 members (excludes halogenated alkanes) is 29. The predicted octanol–water partition coefficient (Wildman–Crippen LogP) is 20.7. The molecule has 0 rings (SSSR count). The number of rotatable bonds is 59. The van der Waals surface area contributed by atoms with Crippen LogP contribution in [0.4, 0.5) is 0 Å². The Hall–Kier alpha value is -3.07. The lowest BCUT2D eigenvalue weighted by Gasteiger charge is -2.27. The Labute approximate surface area is 494 Å². The average molecular weight is 1140 g/mol. The fourth-order valence-electron chi connectivity index (χ4n) is 9.17. The monoisotopic (exact) mass is 1140 g/mol. The summed E-state index contributed by atoms with van der Waals surface area (Å²) in [6.07, 6.45) is 79.9.